The van der Waals surface area contributed by atoms with E-state index in [4.69, 9.17) is 4.74 Å². The molecule has 3 N–H and O–H groups in total. The topological polar surface area (TPSA) is 87.7 Å². The lowest BCUT2D eigenvalue weighted by atomic mass is 9.95. The van der Waals surface area contributed by atoms with E-state index in [9.17, 15) is 27.9 Å². The van der Waals surface area contributed by atoms with Crippen molar-refractivity contribution in [3.05, 3.63) is 107 Å². The van der Waals surface area contributed by atoms with E-state index in [1.165, 1.54) is 31.4 Å². The first-order valence-corrected chi connectivity index (χ1v) is 11.3. The van der Waals surface area contributed by atoms with Gasteiger partial charge in [-0.1, -0.05) is 48.6 Å². The Labute approximate surface area is 211 Å². The first-order chi connectivity index (χ1) is 17.7. The summed E-state index contributed by atoms with van der Waals surface area (Å²) >= 11 is 0. The minimum Gasteiger partial charge on any atom is -0.496 e. The molecule has 0 spiro atoms. The number of amides is 2. The van der Waals surface area contributed by atoms with Gasteiger partial charge in [-0.15, -0.1) is 0 Å². The van der Waals surface area contributed by atoms with Gasteiger partial charge in [0.15, 0.2) is 0 Å². The second-order valence-electron chi connectivity index (χ2n) is 8.24. The van der Waals surface area contributed by atoms with E-state index in [1.54, 1.807) is 48.5 Å². The molecule has 1 atom stereocenters. The Bertz CT molecular complexity index is 1380. The molecule has 37 heavy (non-hydrogen) atoms. The molecule has 1 aliphatic heterocycles. The number of benzene rings is 3. The minimum atomic E-state index is -4.46. The number of hydrogen-bond donors (Lipinski definition) is 3. The highest BCUT2D eigenvalue weighted by Crippen LogP contribution is 2.34. The Morgan fingerprint density at radius 1 is 1.08 bits per heavy atom. The quantitative estimate of drug-likeness (QED) is 0.316. The number of para-hydroxylation sites is 1. The monoisotopic (exact) mass is 508 g/mol. The number of aliphatic hydroxyl groups excluding tert-OH is 1. The predicted molar refractivity (Wildman–Crippen MR) is 134 cm³/mol. The molecule has 4 rings (SSSR count). The van der Waals surface area contributed by atoms with Crippen LogP contribution >= 0.6 is 0 Å². The van der Waals surface area contributed by atoms with Gasteiger partial charge in [0.05, 0.1) is 12.7 Å². The van der Waals surface area contributed by atoms with Crippen LogP contribution in [0.1, 0.15) is 22.3 Å². The summed E-state index contributed by atoms with van der Waals surface area (Å²) in [6.07, 6.45) is -1.23. The minimum absolute atomic E-state index is 0.0626. The van der Waals surface area contributed by atoms with E-state index in [2.05, 4.69) is 10.6 Å². The van der Waals surface area contributed by atoms with E-state index >= 15 is 0 Å². The van der Waals surface area contributed by atoms with Gasteiger partial charge >= 0.3 is 6.18 Å². The third-order valence-electron chi connectivity index (χ3n) is 5.82. The van der Waals surface area contributed by atoms with Crippen LogP contribution in [0.2, 0.25) is 0 Å². The van der Waals surface area contributed by atoms with Crippen LogP contribution in [0.15, 0.2) is 85.0 Å². The number of nitrogens with one attached hydrogen (secondary N) is 2. The van der Waals surface area contributed by atoms with Crippen LogP contribution in [0.25, 0.3) is 5.57 Å². The molecule has 3 aromatic rings. The van der Waals surface area contributed by atoms with Gasteiger partial charge in [0, 0.05) is 35.0 Å². The third-order valence-corrected chi connectivity index (χ3v) is 5.82. The second-order valence-corrected chi connectivity index (χ2v) is 8.24. The average Bonchev–Trinajstić information content (AvgIpc) is 2.87. The Kier molecular flexibility index (Phi) is 7.45. The molecule has 0 saturated heterocycles. The van der Waals surface area contributed by atoms with E-state index in [0.717, 1.165) is 12.1 Å². The number of carbonyl (C=O) groups is 2. The van der Waals surface area contributed by atoms with Crippen LogP contribution < -0.4 is 15.4 Å². The van der Waals surface area contributed by atoms with E-state index in [0.29, 0.717) is 39.4 Å². The molecule has 2 amide bonds. The molecule has 0 saturated carbocycles. The van der Waals surface area contributed by atoms with Gasteiger partial charge in [0.1, 0.15) is 11.9 Å². The van der Waals surface area contributed by atoms with Crippen molar-refractivity contribution >= 4 is 28.8 Å². The fourth-order valence-electron chi connectivity index (χ4n) is 4.00. The Morgan fingerprint density at radius 2 is 1.81 bits per heavy atom. The van der Waals surface area contributed by atoms with Crippen LogP contribution in [-0.4, -0.2) is 30.1 Å². The molecule has 0 bridgehead atoms. The third kappa shape index (κ3) is 5.90. The lowest BCUT2D eigenvalue weighted by Crippen LogP contribution is -2.34. The zero-order valence-electron chi connectivity index (χ0n) is 19.7. The first-order valence-electron chi connectivity index (χ1n) is 11.3. The Balaban J connectivity index is 1.62. The van der Waals surface area contributed by atoms with Gasteiger partial charge in [-0.05, 0) is 41.5 Å². The molecule has 1 heterocycles. The normalized spacial score (nSPS) is 15.8. The summed E-state index contributed by atoms with van der Waals surface area (Å²) in [5.41, 5.74) is 2.49. The van der Waals surface area contributed by atoms with Gasteiger partial charge in [-0.2, -0.15) is 13.2 Å². The molecule has 0 aliphatic carbocycles. The summed E-state index contributed by atoms with van der Waals surface area (Å²) in [7, 11) is 1.49. The van der Waals surface area contributed by atoms with Crippen LogP contribution in [0, 0.1) is 0 Å². The molecule has 1 unspecified atom stereocenters. The molecule has 0 radical (unpaired) electrons. The fourth-order valence-corrected chi connectivity index (χ4v) is 4.00. The number of halogens is 3. The van der Waals surface area contributed by atoms with Crippen LogP contribution in [-0.2, 0) is 22.2 Å². The Morgan fingerprint density at radius 3 is 2.51 bits per heavy atom. The number of aliphatic hydroxyl groups is 1. The zero-order chi connectivity index (χ0) is 26.6. The molecule has 9 heteroatoms. The predicted octanol–water partition coefficient (Wildman–Crippen LogP) is 5.20. The number of hydrogen-bond acceptors (Lipinski definition) is 4. The summed E-state index contributed by atoms with van der Waals surface area (Å²) < 4.78 is 44.6. The second kappa shape index (κ2) is 10.7. The highest BCUT2D eigenvalue weighted by molar-refractivity contribution is 6.03. The van der Waals surface area contributed by atoms with Crippen molar-refractivity contribution < 1.29 is 32.6 Å². The summed E-state index contributed by atoms with van der Waals surface area (Å²) in [6.45, 7) is 0. The highest BCUT2D eigenvalue weighted by atomic mass is 19.4. The average molecular weight is 508 g/mol. The van der Waals surface area contributed by atoms with Gasteiger partial charge < -0.3 is 20.5 Å². The number of ether oxygens (including phenoxy) is 1. The standard InChI is InChI=1S/C28H23F3N2O4/c1-37-25-10-3-2-6-20(25)19(17-12-14-18(15-13-17)28(29,30)31)7-4-11-26(35)32-22-8-5-9-23-21(22)16-24(34)27(36)33-23/h2-15,24,34H,16H2,1H3,(H,32,35)(H,33,36). The maximum absolute atomic E-state index is 13.1. The SMILES string of the molecule is COc1ccccc1C(=CC=CC(=O)Nc1cccc2c1CC(O)C(=O)N2)c1ccc(C(F)(F)F)cc1. The van der Waals surface area contributed by atoms with E-state index < -0.39 is 29.7 Å². The van der Waals surface area contributed by atoms with Crippen molar-refractivity contribution in [2.24, 2.45) is 0 Å². The van der Waals surface area contributed by atoms with Crippen molar-refractivity contribution in [2.45, 2.75) is 18.7 Å². The molecular formula is C28H23F3N2O4. The number of methoxy groups -OCH3 is 1. The van der Waals surface area contributed by atoms with E-state index in [1.807, 2.05) is 0 Å². The van der Waals surface area contributed by atoms with Crippen molar-refractivity contribution in [1.82, 2.24) is 0 Å². The smallest absolute Gasteiger partial charge is 0.416 e. The van der Waals surface area contributed by atoms with Crippen molar-refractivity contribution in [3.63, 3.8) is 0 Å². The molecule has 1 aliphatic rings. The van der Waals surface area contributed by atoms with Gasteiger partial charge in [-0.25, -0.2) is 0 Å². The van der Waals surface area contributed by atoms with Crippen molar-refractivity contribution in [3.8, 4) is 5.75 Å². The number of alkyl halides is 3. The van der Waals surface area contributed by atoms with Crippen LogP contribution in [0.4, 0.5) is 24.5 Å². The Hall–Kier alpha value is -4.37. The molecule has 0 fully saturated rings. The summed E-state index contributed by atoms with van der Waals surface area (Å²) in [5, 5.41) is 15.2. The fraction of sp³-hybridized carbons (Fsp3) is 0.143. The van der Waals surface area contributed by atoms with Gasteiger partial charge in [-0.3, -0.25) is 9.59 Å². The molecular weight excluding hydrogens is 485 g/mol. The summed E-state index contributed by atoms with van der Waals surface area (Å²) in [5.74, 6) is -0.459. The lowest BCUT2D eigenvalue weighted by Gasteiger charge is -2.23. The number of rotatable bonds is 6. The van der Waals surface area contributed by atoms with Crippen LogP contribution in [0.3, 0.4) is 0 Å². The lowest BCUT2D eigenvalue weighted by molar-refractivity contribution is -0.137. The first kappa shape index (κ1) is 25.7. The zero-order valence-corrected chi connectivity index (χ0v) is 19.7. The number of allylic oxidation sites excluding steroid dienone is 2. The highest BCUT2D eigenvalue weighted by Gasteiger charge is 2.30. The van der Waals surface area contributed by atoms with E-state index in [-0.39, 0.29) is 6.42 Å². The molecule has 3 aromatic carbocycles. The largest absolute Gasteiger partial charge is 0.496 e. The van der Waals surface area contributed by atoms with Crippen LogP contribution in [0.5, 0.6) is 5.75 Å². The number of carbonyl (C=O) groups excluding carboxylic acids is 2. The molecule has 6 nitrogen and oxygen atoms in total. The van der Waals surface area contributed by atoms with Gasteiger partial charge in [0.2, 0.25) is 5.91 Å². The summed E-state index contributed by atoms with van der Waals surface area (Å²) in [6, 6.07) is 16.8. The van der Waals surface area contributed by atoms with Crippen molar-refractivity contribution in [1.29, 1.82) is 0 Å². The maximum atomic E-state index is 13.1. The maximum Gasteiger partial charge on any atom is 0.416 e. The summed E-state index contributed by atoms with van der Waals surface area (Å²) in [4.78, 5) is 24.4. The van der Waals surface area contributed by atoms with Crippen molar-refractivity contribution in [2.75, 3.05) is 17.7 Å². The molecule has 190 valence electrons. The number of fused-ring (bicyclic) bond motifs is 1. The number of anilines is 2. The molecule has 0 aromatic heterocycles. The van der Waals surface area contributed by atoms with Gasteiger partial charge in [0.25, 0.3) is 5.91 Å².